The molecule has 5 heteroatoms. The van der Waals surface area contributed by atoms with Gasteiger partial charge in [0.15, 0.2) is 0 Å². The van der Waals surface area contributed by atoms with Gasteiger partial charge in [0.05, 0.1) is 0 Å². The van der Waals surface area contributed by atoms with E-state index in [0.29, 0.717) is 22.9 Å². The van der Waals surface area contributed by atoms with Gasteiger partial charge in [0.2, 0.25) is 5.79 Å². The first-order valence-corrected chi connectivity index (χ1v) is 6.12. The van der Waals surface area contributed by atoms with Gasteiger partial charge < -0.3 is 14.6 Å². The molecule has 0 aliphatic heterocycles. The molecule has 0 aromatic heterocycles. The van der Waals surface area contributed by atoms with Crippen LogP contribution in [-0.4, -0.2) is 31.3 Å². The molecule has 0 amide bonds. The molecule has 1 rings (SSSR count). The molecule has 17 heavy (non-hydrogen) atoms. The van der Waals surface area contributed by atoms with E-state index < -0.39 is 11.9 Å². The maximum absolute atomic E-state index is 10.1. The number of halogens is 2. The molecule has 0 fully saturated rings. The molecule has 0 radical (unpaired) electrons. The summed E-state index contributed by atoms with van der Waals surface area (Å²) in [7, 11) is 2.96. The van der Waals surface area contributed by atoms with Crippen molar-refractivity contribution in [3.63, 3.8) is 0 Å². The lowest BCUT2D eigenvalue weighted by Gasteiger charge is -2.35. The Hall–Kier alpha value is -0.320. The Labute approximate surface area is 111 Å². The van der Waals surface area contributed by atoms with E-state index in [0.717, 1.165) is 0 Å². The van der Waals surface area contributed by atoms with Gasteiger partial charge in [-0.2, -0.15) is 0 Å². The Kier molecular flexibility index (Phi) is 5.70. The van der Waals surface area contributed by atoms with Crippen molar-refractivity contribution in [2.45, 2.75) is 18.3 Å². The van der Waals surface area contributed by atoms with E-state index in [9.17, 15) is 5.11 Å². The normalized spacial score (nSPS) is 13.7. The third-order valence-corrected chi connectivity index (χ3v) is 3.14. The third kappa shape index (κ3) is 3.12. The summed E-state index contributed by atoms with van der Waals surface area (Å²) in [4.78, 5) is 0. The quantitative estimate of drug-likeness (QED) is 0.643. The van der Waals surface area contributed by atoms with Gasteiger partial charge in [-0.1, -0.05) is 23.7 Å². The molecule has 1 aromatic carbocycles. The van der Waals surface area contributed by atoms with Crippen molar-refractivity contribution in [3.8, 4) is 0 Å². The van der Waals surface area contributed by atoms with Gasteiger partial charge in [-0.05, 0) is 18.6 Å². The zero-order valence-corrected chi connectivity index (χ0v) is 11.3. The van der Waals surface area contributed by atoms with Crippen LogP contribution >= 0.6 is 23.2 Å². The van der Waals surface area contributed by atoms with Gasteiger partial charge >= 0.3 is 0 Å². The number of benzene rings is 1. The van der Waals surface area contributed by atoms with Gasteiger partial charge in [0.1, 0.15) is 6.10 Å². The van der Waals surface area contributed by atoms with Crippen LogP contribution in [0.3, 0.4) is 0 Å². The van der Waals surface area contributed by atoms with E-state index in [2.05, 4.69) is 0 Å². The van der Waals surface area contributed by atoms with Crippen molar-refractivity contribution in [1.29, 1.82) is 0 Å². The van der Waals surface area contributed by atoms with Crippen molar-refractivity contribution in [2.24, 2.45) is 0 Å². The molecule has 1 N–H and O–H groups in total. The highest BCUT2D eigenvalue weighted by Crippen LogP contribution is 2.32. The second-order valence-electron chi connectivity index (χ2n) is 3.58. The van der Waals surface area contributed by atoms with Crippen LogP contribution in [0.15, 0.2) is 24.3 Å². The van der Waals surface area contributed by atoms with E-state index in [1.807, 2.05) is 0 Å². The van der Waals surface area contributed by atoms with Crippen molar-refractivity contribution < 1.29 is 14.6 Å². The zero-order valence-electron chi connectivity index (χ0n) is 9.82. The zero-order chi connectivity index (χ0) is 12.9. The minimum absolute atomic E-state index is 0.323. The Morgan fingerprint density at radius 2 is 1.76 bits per heavy atom. The molecular formula is C12H16Cl2O3. The van der Waals surface area contributed by atoms with E-state index in [-0.39, 0.29) is 0 Å². The van der Waals surface area contributed by atoms with E-state index in [1.165, 1.54) is 14.2 Å². The molecular weight excluding hydrogens is 263 g/mol. The predicted molar refractivity (Wildman–Crippen MR) is 68.5 cm³/mol. The lowest BCUT2D eigenvalue weighted by Crippen LogP contribution is -2.43. The SMILES string of the molecule is COC(OC)(c1ccc(Cl)cc1)[C@H](O)CCCl. The summed E-state index contributed by atoms with van der Waals surface area (Å²) < 4.78 is 10.7. The molecule has 0 spiro atoms. The predicted octanol–water partition coefficient (Wildman–Crippen LogP) is 2.78. The lowest BCUT2D eigenvalue weighted by atomic mass is 9.98. The fourth-order valence-electron chi connectivity index (χ4n) is 1.76. The Morgan fingerprint density at radius 3 is 2.18 bits per heavy atom. The molecule has 0 heterocycles. The van der Waals surface area contributed by atoms with E-state index in [4.69, 9.17) is 32.7 Å². The Balaban J connectivity index is 3.09. The second kappa shape index (κ2) is 6.57. The van der Waals surface area contributed by atoms with Crippen LogP contribution in [0, 0.1) is 0 Å². The topological polar surface area (TPSA) is 38.7 Å². The van der Waals surface area contributed by atoms with Crippen molar-refractivity contribution in [3.05, 3.63) is 34.9 Å². The molecule has 0 saturated carbocycles. The molecule has 0 unspecified atom stereocenters. The molecule has 1 aromatic rings. The monoisotopic (exact) mass is 278 g/mol. The number of ether oxygens (including phenoxy) is 2. The highest BCUT2D eigenvalue weighted by Gasteiger charge is 2.40. The fraction of sp³-hybridized carbons (Fsp3) is 0.500. The number of alkyl halides is 1. The number of methoxy groups -OCH3 is 2. The summed E-state index contributed by atoms with van der Waals surface area (Å²) in [6.45, 7) is 0. The largest absolute Gasteiger partial charge is 0.387 e. The maximum atomic E-state index is 10.1. The Morgan fingerprint density at radius 1 is 1.24 bits per heavy atom. The first-order valence-electron chi connectivity index (χ1n) is 5.21. The van der Waals surface area contributed by atoms with Crippen molar-refractivity contribution in [2.75, 3.05) is 20.1 Å². The van der Waals surface area contributed by atoms with Gasteiger partial charge in [-0.25, -0.2) is 0 Å². The number of rotatable bonds is 6. The molecule has 0 aliphatic rings. The van der Waals surface area contributed by atoms with Crippen LogP contribution in [0.5, 0.6) is 0 Å². The summed E-state index contributed by atoms with van der Waals surface area (Å²) in [5.74, 6) is -0.886. The fourth-order valence-corrected chi connectivity index (χ4v) is 2.09. The van der Waals surface area contributed by atoms with Crippen LogP contribution < -0.4 is 0 Å². The summed E-state index contributed by atoms with van der Waals surface area (Å²) >= 11 is 11.5. The van der Waals surface area contributed by atoms with Gasteiger partial charge in [0.25, 0.3) is 0 Å². The third-order valence-electron chi connectivity index (χ3n) is 2.67. The number of hydrogen-bond donors (Lipinski definition) is 1. The standard InChI is InChI=1S/C12H16Cl2O3/c1-16-12(17-2,11(15)7-8-13)9-3-5-10(14)6-4-9/h3-6,11,15H,7-8H2,1-2H3/t11-/m1/s1. The summed E-state index contributed by atoms with van der Waals surface area (Å²) in [5, 5.41) is 10.7. The van der Waals surface area contributed by atoms with Crippen LogP contribution in [0.2, 0.25) is 5.02 Å². The average molecular weight is 279 g/mol. The minimum Gasteiger partial charge on any atom is -0.387 e. The van der Waals surface area contributed by atoms with E-state index in [1.54, 1.807) is 24.3 Å². The van der Waals surface area contributed by atoms with Crippen LogP contribution in [0.4, 0.5) is 0 Å². The van der Waals surface area contributed by atoms with Gasteiger partial charge in [-0.15, -0.1) is 11.6 Å². The smallest absolute Gasteiger partial charge is 0.221 e. The van der Waals surface area contributed by atoms with E-state index >= 15 is 0 Å². The van der Waals surface area contributed by atoms with Crippen molar-refractivity contribution in [1.82, 2.24) is 0 Å². The number of hydrogen-bond acceptors (Lipinski definition) is 3. The molecule has 0 aliphatic carbocycles. The first kappa shape index (κ1) is 14.7. The van der Waals surface area contributed by atoms with Crippen molar-refractivity contribution >= 4 is 23.2 Å². The molecule has 1 atom stereocenters. The summed E-state index contributed by atoms with van der Waals surface area (Å²) in [6.07, 6.45) is -0.484. The Bertz CT molecular complexity index is 336. The molecule has 96 valence electrons. The highest BCUT2D eigenvalue weighted by atomic mass is 35.5. The maximum Gasteiger partial charge on any atom is 0.221 e. The van der Waals surface area contributed by atoms with Gasteiger partial charge in [0, 0.05) is 30.7 Å². The average Bonchev–Trinajstić information content (AvgIpc) is 2.34. The van der Waals surface area contributed by atoms with Crippen LogP contribution in [0.1, 0.15) is 12.0 Å². The molecule has 0 bridgehead atoms. The summed E-state index contributed by atoms with van der Waals surface area (Å²) in [5.41, 5.74) is 0.699. The highest BCUT2D eigenvalue weighted by molar-refractivity contribution is 6.30. The number of aliphatic hydroxyl groups is 1. The van der Waals surface area contributed by atoms with Gasteiger partial charge in [-0.3, -0.25) is 0 Å². The number of aliphatic hydroxyl groups excluding tert-OH is 1. The van der Waals surface area contributed by atoms with Crippen LogP contribution in [0.25, 0.3) is 0 Å². The molecule has 0 saturated heterocycles. The minimum atomic E-state index is -1.21. The summed E-state index contributed by atoms with van der Waals surface area (Å²) in [6, 6.07) is 6.95. The van der Waals surface area contributed by atoms with Crippen LogP contribution in [-0.2, 0) is 15.3 Å². The second-order valence-corrected chi connectivity index (χ2v) is 4.39. The first-order chi connectivity index (χ1) is 8.10. The lowest BCUT2D eigenvalue weighted by molar-refractivity contribution is -0.269. The molecule has 3 nitrogen and oxygen atoms in total.